The molecule has 2 aromatic carbocycles. The largest absolute Gasteiger partial charge is 0.497 e. The first-order chi connectivity index (χ1) is 15.0. The maximum atomic E-state index is 12.8. The first-order valence-corrected chi connectivity index (χ1v) is 10.3. The normalized spacial score (nSPS) is 15.4. The Labute approximate surface area is 181 Å². The van der Waals surface area contributed by atoms with Gasteiger partial charge in [-0.2, -0.15) is 8.78 Å². The van der Waals surface area contributed by atoms with Gasteiger partial charge in [-0.05, 0) is 61.8 Å². The molecule has 1 aliphatic heterocycles. The van der Waals surface area contributed by atoms with E-state index >= 15 is 0 Å². The Morgan fingerprint density at radius 2 is 1.71 bits per heavy atom. The molecule has 2 aromatic rings. The molecule has 1 saturated heterocycles. The zero-order valence-corrected chi connectivity index (χ0v) is 17.8. The van der Waals surface area contributed by atoms with E-state index in [0.717, 1.165) is 37.2 Å². The topological polar surface area (TPSA) is 60.0 Å². The zero-order chi connectivity index (χ0) is 22.2. The Morgan fingerprint density at radius 3 is 2.32 bits per heavy atom. The van der Waals surface area contributed by atoms with Gasteiger partial charge in [0, 0.05) is 12.1 Å². The molecular formula is C23H28F2N2O4. The lowest BCUT2D eigenvalue weighted by Gasteiger charge is -2.35. The molecule has 1 amide bonds. The van der Waals surface area contributed by atoms with Crippen LogP contribution >= 0.6 is 0 Å². The quantitative estimate of drug-likeness (QED) is 0.639. The van der Waals surface area contributed by atoms with Crippen molar-refractivity contribution in [3.63, 3.8) is 0 Å². The molecule has 0 aliphatic carbocycles. The van der Waals surface area contributed by atoms with Gasteiger partial charge in [0.1, 0.15) is 5.75 Å². The minimum absolute atomic E-state index is 0.0264. The average Bonchev–Trinajstić information content (AvgIpc) is 2.80. The van der Waals surface area contributed by atoms with Crippen LogP contribution in [0.2, 0.25) is 0 Å². The van der Waals surface area contributed by atoms with E-state index in [1.165, 1.54) is 31.7 Å². The molecule has 0 spiro atoms. The van der Waals surface area contributed by atoms with E-state index in [4.69, 9.17) is 9.47 Å². The standard InChI is InChI=1S/C23H28F2N2O4/c1-29-18-9-6-16(7-10-18)19(27-12-4-3-5-13-27)15-26-22(28)17-8-11-20(31-23(24)25)21(14-17)30-2/h6-11,14,19,23H,3-5,12-13,15H2,1-2H3,(H,26,28)/t19-/m1/s1. The predicted molar refractivity (Wildman–Crippen MR) is 113 cm³/mol. The van der Waals surface area contributed by atoms with Crippen molar-refractivity contribution in [2.75, 3.05) is 33.9 Å². The van der Waals surface area contributed by atoms with E-state index in [1.807, 2.05) is 24.3 Å². The van der Waals surface area contributed by atoms with Gasteiger partial charge in [0.05, 0.1) is 20.3 Å². The van der Waals surface area contributed by atoms with E-state index in [-0.39, 0.29) is 23.4 Å². The second kappa shape index (κ2) is 10.9. The molecule has 168 valence electrons. The molecule has 1 aliphatic rings. The van der Waals surface area contributed by atoms with Crippen molar-refractivity contribution < 1.29 is 27.8 Å². The van der Waals surface area contributed by atoms with Crippen LogP contribution in [0.1, 0.15) is 41.2 Å². The summed E-state index contributed by atoms with van der Waals surface area (Å²) in [5.74, 6) is 0.440. The molecule has 0 aromatic heterocycles. The number of halogens is 2. The Hall–Kier alpha value is -2.87. The van der Waals surface area contributed by atoms with E-state index < -0.39 is 6.61 Å². The number of methoxy groups -OCH3 is 2. The number of carbonyl (C=O) groups excluding carboxylic acids is 1. The third-order valence-corrected chi connectivity index (χ3v) is 5.43. The second-order valence-corrected chi connectivity index (χ2v) is 7.34. The summed E-state index contributed by atoms with van der Waals surface area (Å²) in [5.41, 5.74) is 1.41. The number of carbonyl (C=O) groups is 1. The summed E-state index contributed by atoms with van der Waals surface area (Å²) in [5, 5.41) is 2.98. The highest BCUT2D eigenvalue weighted by Crippen LogP contribution is 2.30. The highest BCUT2D eigenvalue weighted by molar-refractivity contribution is 5.94. The van der Waals surface area contributed by atoms with Gasteiger partial charge in [0.15, 0.2) is 11.5 Å². The summed E-state index contributed by atoms with van der Waals surface area (Å²) in [7, 11) is 2.97. The maximum Gasteiger partial charge on any atom is 0.387 e. The summed E-state index contributed by atoms with van der Waals surface area (Å²) < 4.78 is 39.8. The van der Waals surface area contributed by atoms with Gasteiger partial charge in [0.2, 0.25) is 0 Å². The molecule has 3 rings (SSSR count). The van der Waals surface area contributed by atoms with Crippen LogP contribution in [0.4, 0.5) is 8.78 Å². The number of rotatable bonds is 9. The molecule has 0 bridgehead atoms. The first-order valence-electron chi connectivity index (χ1n) is 10.3. The monoisotopic (exact) mass is 434 g/mol. The lowest BCUT2D eigenvalue weighted by molar-refractivity contribution is -0.0512. The van der Waals surface area contributed by atoms with Crippen LogP contribution in [-0.4, -0.2) is 51.3 Å². The van der Waals surface area contributed by atoms with Crippen molar-refractivity contribution in [3.8, 4) is 17.2 Å². The van der Waals surface area contributed by atoms with Gasteiger partial charge in [-0.3, -0.25) is 9.69 Å². The summed E-state index contributed by atoms with van der Waals surface area (Å²) in [6, 6.07) is 12.0. The Bertz CT molecular complexity index is 855. The number of likely N-dealkylation sites (tertiary alicyclic amines) is 1. The lowest BCUT2D eigenvalue weighted by Crippen LogP contribution is -2.40. The van der Waals surface area contributed by atoms with E-state index in [9.17, 15) is 13.6 Å². The van der Waals surface area contributed by atoms with E-state index in [0.29, 0.717) is 12.1 Å². The summed E-state index contributed by atoms with van der Waals surface area (Å²) in [6.07, 6.45) is 3.47. The number of nitrogens with one attached hydrogen (secondary N) is 1. The predicted octanol–water partition coefficient (Wildman–Crippen LogP) is 4.26. The van der Waals surface area contributed by atoms with Crippen molar-refractivity contribution in [1.29, 1.82) is 0 Å². The average molecular weight is 434 g/mol. The molecule has 1 heterocycles. The SMILES string of the molecule is COc1ccc([C@@H](CNC(=O)c2ccc(OC(F)F)c(OC)c2)N2CCCCC2)cc1. The van der Waals surface area contributed by atoms with Crippen LogP contribution in [0.5, 0.6) is 17.2 Å². The van der Waals surface area contributed by atoms with Crippen molar-refractivity contribution >= 4 is 5.91 Å². The highest BCUT2D eigenvalue weighted by Gasteiger charge is 2.23. The minimum atomic E-state index is -2.97. The maximum absolute atomic E-state index is 12.8. The first kappa shape index (κ1) is 22.8. The van der Waals surface area contributed by atoms with Crippen LogP contribution in [0, 0.1) is 0 Å². The summed E-state index contributed by atoms with van der Waals surface area (Å²) in [4.78, 5) is 15.2. The fourth-order valence-corrected chi connectivity index (χ4v) is 3.81. The molecule has 31 heavy (non-hydrogen) atoms. The molecule has 1 fully saturated rings. The van der Waals surface area contributed by atoms with Crippen LogP contribution < -0.4 is 19.5 Å². The van der Waals surface area contributed by atoms with Crippen molar-refractivity contribution in [1.82, 2.24) is 10.2 Å². The van der Waals surface area contributed by atoms with E-state index in [1.54, 1.807) is 7.11 Å². The van der Waals surface area contributed by atoms with Crippen molar-refractivity contribution in [3.05, 3.63) is 53.6 Å². The second-order valence-electron chi connectivity index (χ2n) is 7.34. The molecule has 1 N–H and O–H groups in total. The molecule has 0 saturated carbocycles. The van der Waals surface area contributed by atoms with Crippen LogP contribution in [0.15, 0.2) is 42.5 Å². The molecule has 0 unspecified atom stereocenters. The Morgan fingerprint density at radius 1 is 1.00 bits per heavy atom. The zero-order valence-electron chi connectivity index (χ0n) is 17.8. The fourth-order valence-electron chi connectivity index (χ4n) is 3.81. The van der Waals surface area contributed by atoms with Gasteiger partial charge >= 0.3 is 6.61 Å². The molecule has 8 heteroatoms. The highest BCUT2D eigenvalue weighted by atomic mass is 19.3. The number of benzene rings is 2. The number of alkyl halides is 2. The van der Waals surface area contributed by atoms with Gasteiger partial charge < -0.3 is 19.5 Å². The summed E-state index contributed by atoms with van der Waals surface area (Å²) in [6.45, 7) is -0.605. The molecule has 1 atom stereocenters. The number of piperidine rings is 1. The number of nitrogens with zero attached hydrogens (tertiary/aromatic N) is 1. The van der Waals surface area contributed by atoms with Gasteiger partial charge in [-0.1, -0.05) is 18.6 Å². The smallest absolute Gasteiger partial charge is 0.387 e. The lowest BCUT2D eigenvalue weighted by atomic mass is 10.0. The minimum Gasteiger partial charge on any atom is -0.497 e. The number of hydrogen-bond donors (Lipinski definition) is 1. The molecular weight excluding hydrogens is 406 g/mol. The van der Waals surface area contributed by atoms with Crippen molar-refractivity contribution in [2.24, 2.45) is 0 Å². The Kier molecular flexibility index (Phi) is 8.06. The molecule has 0 radical (unpaired) electrons. The number of ether oxygens (including phenoxy) is 3. The van der Waals surface area contributed by atoms with Gasteiger partial charge in [-0.25, -0.2) is 0 Å². The van der Waals surface area contributed by atoms with Gasteiger partial charge in [0.25, 0.3) is 5.91 Å². The number of hydrogen-bond acceptors (Lipinski definition) is 5. The fraction of sp³-hybridized carbons (Fsp3) is 0.435. The third-order valence-electron chi connectivity index (χ3n) is 5.43. The Balaban J connectivity index is 1.73. The van der Waals surface area contributed by atoms with E-state index in [2.05, 4.69) is 15.0 Å². The van der Waals surface area contributed by atoms with Crippen LogP contribution in [0.3, 0.4) is 0 Å². The van der Waals surface area contributed by atoms with Crippen LogP contribution in [0.25, 0.3) is 0 Å². The van der Waals surface area contributed by atoms with Gasteiger partial charge in [-0.15, -0.1) is 0 Å². The number of amides is 1. The van der Waals surface area contributed by atoms with Crippen LogP contribution in [-0.2, 0) is 0 Å². The molecule has 6 nitrogen and oxygen atoms in total. The summed E-state index contributed by atoms with van der Waals surface area (Å²) >= 11 is 0. The van der Waals surface area contributed by atoms with Crippen molar-refractivity contribution in [2.45, 2.75) is 31.9 Å². The third kappa shape index (κ3) is 6.07.